The van der Waals surface area contributed by atoms with Crippen LogP contribution in [0.1, 0.15) is 35.5 Å². The first-order valence-electron chi connectivity index (χ1n) is 6.06. The molecule has 1 amide bonds. The Balaban J connectivity index is 1.85. The molecular formula is C12H14N2O4. The van der Waals surface area contributed by atoms with Crippen molar-refractivity contribution in [2.24, 2.45) is 5.92 Å². The number of aliphatic carboxylic acids is 1. The quantitative estimate of drug-likeness (QED) is 0.848. The topological polar surface area (TPSA) is 83.6 Å². The molecule has 2 saturated heterocycles. The maximum Gasteiger partial charge on any atom is 0.308 e. The van der Waals surface area contributed by atoms with Gasteiger partial charge < -0.3 is 14.5 Å². The van der Waals surface area contributed by atoms with Gasteiger partial charge in [0.15, 0.2) is 5.69 Å². The summed E-state index contributed by atoms with van der Waals surface area (Å²) in [4.78, 5) is 25.1. The molecule has 2 bridgehead atoms. The van der Waals surface area contributed by atoms with Gasteiger partial charge in [-0.1, -0.05) is 5.16 Å². The molecule has 0 aromatic carbocycles. The Morgan fingerprint density at radius 3 is 2.83 bits per heavy atom. The highest BCUT2D eigenvalue weighted by atomic mass is 16.5. The molecule has 2 aliphatic heterocycles. The van der Waals surface area contributed by atoms with E-state index >= 15 is 0 Å². The summed E-state index contributed by atoms with van der Waals surface area (Å²) < 4.78 is 4.90. The van der Waals surface area contributed by atoms with Gasteiger partial charge >= 0.3 is 5.97 Å². The largest absolute Gasteiger partial charge is 0.481 e. The fourth-order valence-electron chi connectivity index (χ4n) is 3.17. The van der Waals surface area contributed by atoms with Crippen molar-refractivity contribution in [3.8, 4) is 0 Å². The number of aromatic nitrogens is 1. The highest BCUT2D eigenvalue weighted by molar-refractivity contribution is 5.93. The molecule has 1 N–H and O–H groups in total. The van der Waals surface area contributed by atoms with Gasteiger partial charge in [-0.2, -0.15) is 0 Å². The van der Waals surface area contributed by atoms with Gasteiger partial charge in [-0.25, -0.2) is 0 Å². The van der Waals surface area contributed by atoms with Gasteiger partial charge in [0.05, 0.1) is 5.92 Å². The Bertz CT molecular complexity index is 510. The van der Waals surface area contributed by atoms with E-state index in [1.54, 1.807) is 17.9 Å². The number of carbonyl (C=O) groups excluding carboxylic acids is 1. The Kier molecular flexibility index (Phi) is 2.39. The first kappa shape index (κ1) is 11.3. The van der Waals surface area contributed by atoms with E-state index in [9.17, 15) is 9.59 Å². The maximum atomic E-state index is 12.3. The van der Waals surface area contributed by atoms with E-state index < -0.39 is 11.9 Å². The lowest BCUT2D eigenvalue weighted by Crippen LogP contribution is -2.38. The van der Waals surface area contributed by atoms with Crippen LogP contribution in [-0.4, -0.2) is 39.1 Å². The Labute approximate surface area is 104 Å². The highest BCUT2D eigenvalue weighted by Crippen LogP contribution is 2.42. The van der Waals surface area contributed by atoms with Gasteiger partial charge in [0.2, 0.25) is 0 Å². The fraction of sp³-hybridized carbons (Fsp3) is 0.583. The second-order valence-electron chi connectivity index (χ2n) is 5.01. The normalized spacial score (nSPS) is 29.8. The van der Waals surface area contributed by atoms with Crippen LogP contribution in [0.25, 0.3) is 0 Å². The number of amides is 1. The van der Waals surface area contributed by atoms with E-state index in [0.717, 1.165) is 12.8 Å². The smallest absolute Gasteiger partial charge is 0.308 e. The van der Waals surface area contributed by atoms with Crippen molar-refractivity contribution in [2.75, 3.05) is 0 Å². The zero-order chi connectivity index (χ0) is 12.9. The molecule has 3 heterocycles. The molecule has 6 nitrogen and oxygen atoms in total. The summed E-state index contributed by atoms with van der Waals surface area (Å²) in [6.45, 7) is 1.72. The monoisotopic (exact) mass is 250 g/mol. The van der Waals surface area contributed by atoms with Crippen LogP contribution in [0.5, 0.6) is 0 Å². The van der Waals surface area contributed by atoms with Crippen LogP contribution in [0.4, 0.5) is 0 Å². The third kappa shape index (κ3) is 1.52. The highest BCUT2D eigenvalue weighted by Gasteiger charge is 2.51. The molecule has 1 aromatic rings. The molecule has 0 spiro atoms. The molecule has 3 unspecified atom stereocenters. The predicted molar refractivity (Wildman–Crippen MR) is 60.0 cm³/mol. The third-order valence-corrected chi connectivity index (χ3v) is 3.94. The minimum absolute atomic E-state index is 0.0422. The number of carboxylic acid groups (broad SMARTS) is 1. The second kappa shape index (κ2) is 3.83. The number of carbonyl (C=O) groups is 2. The predicted octanol–water partition coefficient (Wildman–Crippen LogP) is 1.06. The zero-order valence-electron chi connectivity index (χ0n) is 10.00. The number of hydrogen-bond donors (Lipinski definition) is 1. The molecule has 0 aliphatic carbocycles. The van der Waals surface area contributed by atoms with Gasteiger partial charge in [-0.15, -0.1) is 0 Å². The number of nitrogens with zero attached hydrogens (tertiary/aromatic N) is 2. The van der Waals surface area contributed by atoms with Crippen molar-refractivity contribution < 1.29 is 19.2 Å². The number of hydrogen-bond acceptors (Lipinski definition) is 4. The van der Waals surface area contributed by atoms with Crippen molar-refractivity contribution in [3.05, 3.63) is 17.5 Å². The zero-order valence-corrected chi connectivity index (χ0v) is 10.00. The van der Waals surface area contributed by atoms with Crippen molar-refractivity contribution in [2.45, 2.75) is 38.3 Å². The number of fused-ring (bicyclic) bond motifs is 2. The van der Waals surface area contributed by atoms with Crippen LogP contribution in [0.15, 0.2) is 10.6 Å². The third-order valence-electron chi connectivity index (χ3n) is 3.94. The number of rotatable bonds is 2. The van der Waals surface area contributed by atoms with E-state index in [1.165, 1.54) is 0 Å². The first-order chi connectivity index (χ1) is 8.58. The molecule has 3 rings (SSSR count). The first-order valence-corrected chi connectivity index (χ1v) is 6.06. The maximum absolute atomic E-state index is 12.3. The van der Waals surface area contributed by atoms with E-state index in [-0.39, 0.29) is 23.7 Å². The van der Waals surface area contributed by atoms with Gasteiger partial charge in [-0.3, -0.25) is 9.59 Å². The molecule has 96 valence electrons. The summed E-state index contributed by atoms with van der Waals surface area (Å²) in [7, 11) is 0. The second-order valence-corrected chi connectivity index (χ2v) is 5.01. The lowest BCUT2D eigenvalue weighted by molar-refractivity contribution is -0.142. The molecule has 0 radical (unpaired) electrons. The van der Waals surface area contributed by atoms with E-state index in [2.05, 4.69) is 5.16 Å². The van der Waals surface area contributed by atoms with Gasteiger partial charge in [0, 0.05) is 18.2 Å². The lowest BCUT2D eigenvalue weighted by Gasteiger charge is -2.21. The van der Waals surface area contributed by atoms with Crippen molar-refractivity contribution in [1.29, 1.82) is 0 Å². The van der Waals surface area contributed by atoms with Gasteiger partial charge in [0.25, 0.3) is 5.91 Å². The minimum atomic E-state index is -0.809. The van der Waals surface area contributed by atoms with E-state index in [4.69, 9.17) is 9.63 Å². The standard InChI is InChI=1S/C12H14N2O4/c1-6-4-9(13-18-6)11(15)14-7-2-3-10(14)8(5-7)12(16)17/h4,7-8,10H,2-3,5H2,1H3,(H,16,17). The summed E-state index contributed by atoms with van der Waals surface area (Å²) in [6.07, 6.45) is 2.21. The van der Waals surface area contributed by atoms with Crippen LogP contribution < -0.4 is 0 Å². The summed E-state index contributed by atoms with van der Waals surface area (Å²) >= 11 is 0. The van der Waals surface area contributed by atoms with Crippen LogP contribution >= 0.6 is 0 Å². The van der Waals surface area contributed by atoms with Crippen molar-refractivity contribution >= 4 is 11.9 Å². The van der Waals surface area contributed by atoms with Crippen molar-refractivity contribution in [1.82, 2.24) is 10.1 Å². The average Bonchev–Trinajstić information content (AvgIpc) is 3.01. The molecule has 2 aliphatic rings. The Morgan fingerprint density at radius 2 is 2.28 bits per heavy atom. The number of aryl methyl sites for hydroxylation is 1. The molecule has 6 heteroatoms. The van der Waals surface area contributed by atoms with Crippen LogP contribution in [0, 0.1) is 12.8 Å². The summed E-state index contributed by atoms with van der Waals surface area (Å²) in [5.41, 5.74) is 0.274. The summed E-state index contributed by atoms with van der Waals surface area (Å²) in [5, 5.41) is 12.9. The molecule has 2 fully saturated rings. The molecule has 3 atom stereocenters. The summed E-state index contributed by atoms with van der Waals surface area (Å²) in [5.74, 6) is -0.861. The molecule has 0 saturated carbocycles. The van der Waals surface area contributed by atoms with Crippen LogP contribution in [0.3, 0.4) is 0 Å². The molecule has 18 heavy (non-hydrogen) atoms. The van der Waals surface area contributed by atoms with Gasteiger partial charge in [-0.05, 0) is 26.2 Å². The average molecular weight is 250 g/mol. The van der Waals surface area contributed by atoms with Crippen LogP contribution in [-0.2, 0) is 4.79 Å². The Morgan fingerprint density at radius 1 is 1.50 bits per heavy atom. The van der Waals surface area contributed by atoms with Crippen LogP contribution in [0.2, 0.25) is 0 Å². The number of carboxylic acids is 1. The minimum Gasteiger partial charge on any atom is -0.481 e. The lowest BCUT2D eigenvalue weighted by atomic mass is 9.89. The summed E-state index contributed by atoms with van der Waals surface area (Å²) in [6, 6.07) is 1.45. The van der Waals surface area contributed by atoms with E-state index in [0.29, 0.717) is 12.2 Å². The Hall–Kier alpha value is -1.85. The van der Waals surface area contributed by atoms with E-state index in [1.807, 2.05) is 0 Å². The molecule has 1 aromatic heterocycles. The van der Waals surface area contributed by atoms with Crippen molar-refractivity contribution in [3.63, 3.8) is 0 Å². The fourth-order valence-corrected chi connectivity index (χ4v) is 3.17. The SMILES string of the molecule is Cc1cc(C(=O)N2C3CCC2C(C(=O)O)C3)no1. The van der Waals surface area contributed by atoms with Gasteiger partial charge in [0.1, 0.15) is 5.76 Å². The molecular weight excluding hydrogens is 236 g/mol.